The predicted molar refractivity (Wildman–Crippen MR) is 165 cm³/mol. The molecule has 0 atom stereocenters. The van der Waals surface area contributed by atoms with Crippen molar-refractivity contribution in [2.24, 2.45) is 10.7 Å². The molecule has 3 N–H and O–H groups in total. The van der Waals surface area contributed by atoms with Crippen LogP contribution in [-0.2, 0) is 11.3 Å². The van der Waals surface area contributed by atoms with Crippen LogP contribution in [0.25, 0.3) is 23.3 Å². The van der Waals surface area contributed by atoms with E-state index in [0.717, 1.165) is 53.9 Å². The molecule has 1 aliphatic rings. The molecule has 0 bridgehead atoms. The Morgan fingerprint density at radius 3 is 2.38 bits per heavy atom. The number of hydrogen-bond acceptors (Lipinski definition) is 5. The zero-order valence-electron chi connectivity index (χ0n) is 23.6. The summed E-state index contributed by atoms with van der Waals surface area (Å²) in [6.07, 6.45) is 7.88. The molecule has 40 heavy (non-hydrogen) atoms. The van der Waals surface area contributed by atoms with Crippen LogP contribution in [0.5, 0.6) is 0 Å². The Bertz CT molecular complexity index is 1450. The van der Waals surface area contributed by atoms with Gasteiger partial charge >= 0.3 is 0 Å². The smallest absolute Gasteiger partial charge is 0.250 e. The highest BCUT2D eigenvalue weighted by Crippen LogP contribution is 2.33. The van der Waals surface area contributed by atoms with Gasteiger partial charge in [-0.15, -0.1) is 0 Å². The molecule has 0 saturated carbocycles. The molecular formula is C34H38N4O2. The number of benzene rings is 3. The minimum absolute atomic E-state index is 0.0103. The van der Waals surface area contributed by atoms with Crippen LogP contribution >= 0.6 is 0 Å². The third-order valence-electron chi connectivity index (χ3n) is 6.84. The van der Waals surface area contributed by atoms with Gasteiger partial charge in [-0.2, -0.15) is 0 Å². The Hall–Kier alpha value is -4.45. The van der Waals surface area contributed by atoms with E-state index in [0.29, 0.717) is 29.9 Å². The minimum Gasteiger partial charge on any atom is -0.387 e. The monoisotopic (exact) mass is 534 g/mol. The standard InChI is InChI=1S/C34H38N4O2/c1-4-17-38(18-5-2)34(40)30-20-29-12-11-27(21-32(29)37-33(35)22-30)26-13-14-31(24(3)39)28(19-26)15-16-36-23-25-9-7-6-8-10-25/h6-16,19-21,36H,4-5,17-18,22-23H2,1-3H3,(H2,35,37)/b16-15-. The number of carbonyl (C=O) groups is 2. The first-order valence-corrected chi connectivity index (χ1v) is 14.0. The number of amides is 1. The van der Waals surface area contributed by atoms with Gasteiger partial charge in [0.25, 0.3) is 0 Å². The maximum Gasteiger partial charge on any atom is 0.250 e. The molecule has 0 aromatic heterocycles. The molecule has 0 unspecified atom stereocenters. The molecule has 1 aliphatic heterocycles. The summed E-state index contributed by atoms with van der Waals surface area (Å²) in [5.74, 6) is 0.454. The number of fused-ring (bicyclic) bond motifs is 1. The average molecular weight is 535 g/mol. The average Bonchev–Trinajstić information content (AvgIpc) is 3.12. The van der Waals surface area contributed by atoms with Crippen LogP contribution in [-0.4, -0.2) is 35.5 Å². The molecule has 3 aromatic rings. The van der Waals surface area contributed by atoms with Gasteiger partial charge in [0.1, 0.15) is 5.84 Å². The van der Waals surface area contributed by atoms with Crippen molar-refractivity contribution in [1.29, 1.82) is 0 Å². The van der Waals surface area contributed by atoms with Gasteiger partial charge in [0.2, 0.25) is 5.91 Å². The molecule has 3 aromatic carbocycles. The summed E-state index contributed by atoms with van der Waals surface area (Å²) >= 11 is 0. The zero-order valence-corrected chi connectivity index (χ0v) is 23.6. The Balaban J connectivity index is 1.61. The van der Waals surface area contributed by atoms with Gasteiger partial charge in [0, 0.05) is 42.8 Å². The molecule has 0 fully saturated rings. The van der Waals surface area contributed by atoms with Gasteiger partial charge in [0.05, 0.1) is 5.69 Å². The lowest BCUT2D eigenvalue weighted by molar-refractivity contribution is -0.127. The lowest BCUT2D eigenvalue weighted by Gasteiger charge is -2.22. The first-order chi connectivity index (χ1) is 19.4. The van der Waals surface area contributed by atoms with Gasteiger partial charge < -0.3 is 16.0 Å². The zero-order chi connectivity index (χ0) is 28.5. The summed E-state index contributed by atoms with van der Waals surface area (Å²) in [4.78, 5) is 32.2. The second-order valence-corrected chi connectivity index (χ2v) is 10.1. The predicted octanol–water partition coefficient (Wildman–Crippen LogP) is 6.74. The summed E-state index contributed by atoms with van der Waals surface area (Å²) in [6.45, 7) is 7.88. The van der Waals surface area contributed by atoms with Crippen molar-refractivity contribution in [3.8, 4) is 11.1 Å². The number of carbonyl (C=O) groups excluding carboxylic acids is 2. The topological polar surface area (TPSA) is 87.8 Å². The molecule has 6 nitrogen and oxygen atoms in total. The van der Waals surface area contributed by atoms with Crippen molar-refractivity contribution >= 4 is 35.4 Å². The molecule has 6 heteroatoms. The molecule has 1 heterocycles. The van der Waals surface area contributed by atoms with Gasteiger partial charge in [-0.25, -0.2) is 4.99 Å². The number of Topliss-reactive ketones (excluding diaryl/α,β-unsaturated/α-hetero) is 1. The fraction of sp³-hybridized carbons (Fsp3) is 0.265. The highest BCUT2D eigenvalue weighted by atomic mass is 16.2. The van der Waals surface area contributed by atoms with E-state index >= 15 is 0 Å². The van der Waals surface area contributed by atoms with E-state index in [1.807, 2.05) is 77.8 Å². The quantitative estimate of drug-likeness (QED) is 0.267. The van der Waals surface area contributed by atoms with Crippen LogP contribution in [0, 0.1) is 0 Å². The second-order valence-electron chi connectivity index (χ2n) is 10.1. The highest BCUT2D eigenvalue weighted by Gasteiger charge is 2.21. The normalized spacial score (nSPS) is 12.8. The van der Waals surface area contributed by atoms with Crippen LogP contribution in [0.1, 0.15) is 67.1 Å². The number of ketones is 1. The third-order valence-corrected chi connectivity index (χ3v) is 6.84. The number of aliphatic imine (C=N–C) groups is 1. The number of amidine groups is 1. The van der Waals surface area contributed by atoms with Crippen LogP contribution in [0.4, 0.5) is 5.69 Å². The molecule has 0 spiro atoms. The Kier molecular flexibility index (Phi) is 9.68. The van der Waals surface area contributed by atoms with Crippen LogP contribution in [0.15, 0.2) is 83.5 Å². The molecule has 0 aliphatic carbocycles. The van der Waals surface area contributed by atoms with Crippen LogP contribution in [0.3, 0.4) is 0 Å². The number of nitrogens with zero attached hydrogens (tertiary/aromatic N) is 2. The summed E-state index contributed by atoms with van der Waals surface area (Å²) in [6, 6.07) is 22.0. The van der Waals surface area contributed by atoms with Gasteiger partial charge in [-0.3, -0.25) is 9.59 Å². The summed E-state index contributed by atoms with van der Waals surface area (Å²) < 4.78 is 0. The fourth-order valence-electron chi connectivity index (χ4n) is 4.89. The molecule has 1 amide bonds. The van der Waals surface area contributed by atoms with E-state index < -0.39 is 0 Å². The van der Waals surface area contributed by atoms with Crippen molar-refractivity contribution < 1.29 is 9.59 Å². The van der Waals surface area contributed by atoms with E-state index in [9.17, 15) is 9.59 Å². The lowest BCUT2D eigenvalue weighted by atomic mass is 9.96. The SMILES string of the molecule is CCCN(CCC)C(=O)C1=Cc2ccc(-c3ccc(C(C)=O)c(/C=C\NCc4ccccc4)c3)cc2N=C(N)C1. The number of hydrogen-bond donors (Lipinski definition) is 2. The Labute approximate surface area is 237 Å². The molecule has 0 radical (unpaired) electrons. The molecule has 0 saturated heterocycles. The first-order valence-electron chi connectivity index (χ1n) is 14.0. The Morgan fingerprint density at radius 1 is 0.975 bits per heavy atom. The van der Waals surface area contributed by atoms with Crippen molar-refractivity contribution in [3.05, 3.63) is 101 Å². The van der Waals surface area contributed by atoms with E-state index in [4.69, 9.17) is 5.73 Å². The maximum atomic E-state index is 13.3. The molecule has 206 valence electrons. The summed E-state index contributed by atoms with van der Waals surface area (Å²) in [5.41, 5.74) is 13.1. The van der Waals surface area contributed by atoms with E-state index in [1.54, 1.807) is 6.92 Å². The van der Waals surface area contributed by atoms with E-state index in [1.165, 1.54) is 5.56 Å². The Morgan fingerprint density at radius 2 is 1.68 bits per heavy atom. The van der Waals surface area contributed by atoms with Gasteiger partial charge in [0.15, 0.2) is 5.78 Å². The number of rotatable bonds is 11. The number of nitrogens with two attached hydrogens (primary N) is 1. The fourth-order valence-corrected chi connectivity index (χ4v) is 4.89. The van der Waals surface area contributed by atoms with Gasteiger partial charge in [-0.1, -0.05) is 68.4 Å². The molecular weight excluding hydrogens is 496 g/mol. The van der Waals surface area contributed by atoms with Crippen molar-refractivity contribution in [3.63, 3.8) is 0 Å². The third kappa shape index (κ3) is 7.14. The maximum absolute atomic E-state index is 13.3. The second kappa shape index (κ2) is 13.6. The van der Waals surface area contributed by atoms with Crippen molar-refractivity contribution in [2.45, 2.75) is 46.6 Å². The minimum atomic E-state index is 0.0103. The van der Waals surface area contributed by atoms with Crippen molar-refractivity contribution in [2.75, 3.05) is 13.1 Å². The van der Waals surface area contributed by atoms with Gasteiger partial charge in [-0.05, 0) is 72.5 Å². The van der Waals surface area contributed by atoms with E-state index in [-0.39, 0.29) is 11.7 Å². The summed E-state index contributed by atoms with van der Waals surface area (Å²) in [7, 11) is 0. The first kappa shape index (κ1) is 28.6. The van der Waals surface area contributed by atoms with Crippen molar-refractivity contribution in [1.82, 2.24) is 10.2 Å². The largest absolute Gasteiger partial charge is 0.387 e. The molecule has 4 rings (SSSR count). The number of nitrogens with one attached hydrogen (secondary N) is 1. The summed E-state index contributed by atoms with van der Waals surface area (Å²) in [5, 5.41) is 3.30. The highest BCUT2D eigenvalue weighted by molar-refractivity contribution is 6.05. The van der Waals surface area contributed by atoms with Crippen LogP contribution < -0.4 is 11.1 Å². The van der Waals surface area contributed by atoms with E-state index in [2.05, 4.69) is 36.3 Å². The van der Waals surface area contributed by atoms with Crippen LogP contribution in [0.2, 0.25) is 0 Å². The lowest BCUT2D eigenvalue weighted by Crippen LogP contribution is -2.34.